The molecule has 122 valence electrons. The van der Waals surface area contributed by atoms with E-state index in [9.17, 15) is 9.59 Å². The minimum Gasteiger partial charge on any atom is -0.456 e. The molecular formula is C20H19NO3. The number of carbonyl (C=O) groups excluding carboxylic acids is 1. The average Bonchev–Trinajstić information content (AvgIpc) is 2.54. The average molecular weight is 321 g/mol. The van der Waals surface area contributed by atoms with Gasteiger partial charge in [0.05, 0.1) is 11.1 Å². The van der Waals surface area contributed by atoms with Crippen LogP contribution in [0.15, 0.2) is 65.6 Å². The maximum atomic E-state index is 12.8. The highest BCUT2D eigenvalue weighted by molar-refractivity contribution is 6.04. The van der Waals surface area contributed by atoms with E-state index in [1.54, 1.807) is 24.4 Å². The molecule has 1 aromatic carbocycles. The lowest BCUT2D eigenvalue weighted by Crippen LogP contribution is -2.26. The van der Waals surface area contributed by atoms with Gasteiger partial charge in [-0.2, -0.15) is 0 Å². The van der Waals surface area contributed by atoms with Gasteiger partial charge in [-0.05, 0) is 38.5 Å². The molecule has 0 unspecified atom stereocenters. The van der Waals surface area contributed by atoms with Crippen LogP contribution in [0.5, 0.6) is 0 Å². The molecule has 0 fully saturated rings. The molecule has 0 saturated heterocycles. The van der Waals surface area contributed by atoms with Crippen LogP contribution in [0.25, 0.3) is 16.6 Å². The first-order valence-electron chi connectivity index (χ1n) is 7.80. The third-order valence-electron chi connectivity index (χ3n) is 3.58. The Balaban J connectivity index is 2.33. The zero-order valence-electron chi connectivity index (χ0n) is 13.9. The lowest BCUT2D eigenvalue weighted by atomic mass is 9.99. The predicted octanol–water partition coefficient (Wildman–Crippen LogP) is 3.92. The highest BCUT2D eigenvalue weighted by atomic mass is 16.6. The van der Waals surface area contributed by atoms with Crippen molar-refractivity contribution in [2.24, 2.45) is 0 Å². The second kappa shape index (κ2) is 5.96. The van der Waals surface area contributed by atoms with E-state index in [4.69, 9.17) is 4.74 Å². The fourth-order valence-corrected chi connectivity index (χ4v) is 2.63. The Hall–Kier alpha value is -2.88. The van der Waals surface area contributed by atoms with Gasteiger partial charge in [-0.3, -0.25) is 9.20 Å². The molecule has 4 heteroatoms. The Bertz CT molecular complexity index is 950. The Kier molecular flexibility index (Phi) is 3.97. The van der Waals surface area contributed by atoms with Crippen LogP contribution in [-0.2, 0) is 4.74 Å². The van der Waals surface area contributed by atoms with Crippen LogP contribution in [0.1, 0.15) is 31.1 Å². The first-order valence-corrected chi connectivity index (χ1v) is 7.80. The van der Waals surface area contributed by atoms with Gasteiger partial charge in [-0.15, -0.1) is 0 Å². The highest BCUT2D eigenvalue weighted by Gasteiger charge is 2.24. The summed E-state index contributed by atoms with van der Waals surface area (Å²) in [6, 6.07) is 16.2. The van der Waals surface area contributed by atoms with Crippen LogP contribution in [0.2, 0.25) is 0 Å². The minimum atomic E-state index is -0.618. The standard InChI is InChI=1S/C20H19NO3/c1-20(2,3)24-19(23)18-15(14-9-5-4-6-10-14)13-17(22)21-12-8-7-11-16(18)21/h4-13H,1-3H3. The van der Waals surface area contributed by atoms with Crippen LogP contribution in [-0.4, -0.2) is 16.0 Å². The smallest absolute Gasteiger partial charge is 0.341 e. The van der Waals surface area contributed by atoms with E-state index in [1.165, 1.54) is 10.5 Å². The SMILES string of the molecule is CC(C)(C)OC(=O)c1c(-c2ccccc2)cc(=O)n2ccccc12. The van der Waals surface area contributed by atoms with Crippen LogP contribution in [0, 0.1) is 0 Å². The van der Waals surface area contributed by atoms with Gasteiger partial charge < -0.3 is 4.74 Å². The highest BCUT2D eigenvalue weighted by Crippen LogP contribution is 2.27. The first-order chi connectivity index (χ1) is 11.4. The van der Waals surface area contributed by atoms with Crippen molar-refractivity contribution in [3.63, 3.8) is 0 Å². The van der Waals surface area contributed by atoms with Gasteiger partial charge in [-0.25, -0.2) is 4.79 Å². The molecule has 2 aromatic heterocycles. The summed E-state index contributed by atoms with van der Waals surface area (Å²) in [5.74, 6) is -0.440. The molecule has 0 bridgehead atoms. The zero-order chi connectivity index (χ0) is 17.3. The molecule has 0 N–H and O–H groups in total. The number of hydrogen-bond acceptors (Lipinski definition) is 3. The maximum Gasteiger partial charge on any atom is 0.341 e. The second-order valence-electron chi connectivity index (χ2n) is 6.60. The van der Waals surface area contributed by atoms with E-state index in [0.29, 0.717) is 16.6 Å². The third kappa shape index (κ3) is 3.08. The van der Waals surface area contributed by atoms with E-state index in [1.807, 2.05) is 51.1 Å². The molecule has 0 aliphatic heterocycles. The van der Waals surface area contributed by atoms with Crippen molar-refractivity contribution >= 4 is 11.5 Å². The van der Waals surface area contributed by atoms with Gasteiger partial charge in [0.15, 0.2) is 0 Å². The van der Waals surface area contributed by atoms with E-state index < -0.39 is 11.6 Å². The first kappa shape index (κ1) is 16.0. The summed E-state index contributed by atoms with van der Waals surface area (Å²) >= 11 is 0. The summed E-state index contributed by atoms with van der Waals surface area (Å²) in [6.45, 7) is 5.47. The van der Waals surface area contributed by atoms with Gasteiger partial charge in [0.25, 0.3) is 5.56 Å². The van der Waals surface area contributed by atoms with Crippen LogP contribution < -0.4 is 5.56 Å². The van der Waals surface area contributed by atoms with Gasteiger partial charge in [-0.1, -0.05) is 36.4 Å². The molecule has 0 aliphatic carbocycles. The van der Waals surface area contributed by atoms with E-state index in [0.717, 1.165) is 5.56 Å². The van der Waals surface area contributed by atoms with Crippen LogP contribution in [0.3, 0.4) is 0 Å². The molecule has 0 amide bonds. The third-order valence-corrected chi connectivity index (χ3v) is 3.58. The van der Waals surface area contributed by atoms with Crippen molar-refractivity contribution in [1.29, 1.82) is 0 Å². The largest absolute Gasteiger partial charge is 0.456 e. The summed E-state index contributed by atoms with van der Waals surface area (Å²) in [7, 11) is 0. The number of esters is 1. The van der Waals surface area contributed by atoms with Gasteiger partial charge >= 0.3 is 5.97 Å². The normalized spacial score (nSPS) is 11.5. The Labute approximate surface area is 140 Å². The summed E-state index contributed by atoms with van der Waals surface area (Å²) in [4.78, 5) is 25.3. The van der Waals surface area contributed by atoms with E-state index in [2.05, 4.69) is 0 Å². The van der Waals surface area contributed by atoms with Gasteiger partial charge in [0, 0.05) is 17.8 Å². The Morgan fingerprint density at radius 1 is 1.00 bits per heavy atom. The molecular weight excluding hydrogens is 302 g/mol. The van der Waals surface area contributed by atoms with Crippen molar-refractivity contribution < 1.29 is 9.53 Å². The van der Waals surface area contributed by atoms with E-state index in [-0.39, 0.29) is 5.56 Å². The minimum absolute atomic E-state index is 0.184. The predicted molar refractivity (Wildman–Crippen MR) is 94.3 cm³/mol. The van der Waals surface area contributed by atoms with Crippen molar-refractivity contribution in [2.45, 2.75) is 26.4 Å². The molecule has 3 rings (SSSR count). The number of pyridine rings is 2. The number of fused-ring (bicyclic) bond motifs is 1. The molecule has 0 spiro atoms. The fraction of sp³-hybridized carbons (Fsp3) is 0.200. The lowest BCUT2D eigenvalue weighted by molar-refractivity contribution is 0.00722. The molecule has 24 heavy (non-hydrogen) atoms. The molecule has 0 atom stereocenters. The number of benzene rings is 1. The van der Waals surface area contributed by atoms with E-state index >= 15 is 0 Å². The Morgan fingerprint density at radius 3 is 2.33 bits per heavy atom. The Morgan fingerprint density at radius 2 is 1.67 bits per heavy atom. The van der Waals surface area contributed by atoms with Crippen molar-refractivity contribution in [3.05, 3.63) is 76.7 Å². The van der Waals surface area contributed by atoms with Crippen molar-refractivity contribution in [3.8, 4) is 11.1 Å². The van der Waals surface area contributed by atoms with Crippen LogP contribution in [0.4, 0.5) is 0 Å². The summed E-state index contributed by atoms with van der Waals surface area (Å²) < 4.78 is 7.04. The molecule has 0 aliphatic rings. The summed E-state index contributed by atoms with van der Waals surface area (Å²) in [6.07, 6.45) is 1.65. The molecule has 2 heterocycles. The second-order valence-corrected chi connectivity index (χ2v) is 6.60. The van der Waals surface area contributed by atoms with Crippen LogP contribution >= 0.6 is 0 Å². The number of rotatable bonds is 2. The summed E-state index contributed by atoms with van der Waals surface area (Å²) in [5.41, 5.74) is 1.53. The zero-order valence-corrected chi connectivity index (χ0v) is 13.9. The van der Waals surface area contributed by atoms with Crippen molar-refractivity contribution in [2.75, 3.05) is 0 Å². The number of nitrogens with zero attached hydrogens (tertiary/aromatic N) is 1. The van der Waals surface area contributed by atoms with Gasteiger partial charge in [0.1, 0.15) is 5.60 Å². The fourth-order valence-electron chi connectivity index (χ4n) is 2.63. The molecule has 0 radical (unpaired) electrons. The van der Waals surface area contributed by atoms with Crippen molar-refractivity contribution in [1.82, 2.24) is 4.40 Å². The topological polar surface area (TPSA) is 47.8 Å². The maximum absolute atomic E-state index is 12.8. The molecule has 3 aromatic rings. The number of ether oxygens (including phenoxy) is 1. The molecule has 0 saturated carbocycles. The lowest BCUT2D eigenvalue weighted by Gasteiger charge is -2.21. The number of hydrogen-bond donors (Lipinski definition) is 0. The summed E-state index contributed by atoms with van der Waals surface area (Å²) in [5, 5.41) is 0. The van der Waals surface area contributed by atoms with Gasteiger partial charge in [0.2, 0.25) is 0 Å². The number of carbonyl (C=O) groups is 1. The number of aromatic nitrogens is 1. The monoisotopic (exact) mass is 321 g/mol. The molecule has 4 nitrogen and oxygen atoms in total. The quantitative estimate of drug-likeness (QED) is 0.672.